The number of unbranched alkanes of at least 4 members (excludes halogenated alkanes) is 3. The molecule has 0 spiro atoms. The number of rotatable bonds is 8. The van der Waals surface area contributed by atoms with Gasteiger partial charge in [-0.2, -0.15) is 0 Å². The molecule has 1 unspecified atom stereocenters. The predicted molar refractivity (Wildman–Crippen MR) is 75.3 cm³/mol. The van der Waals surface area contributed by atoms with Crippen LogP contribution in [-0.4, -0.2) is 55.1 Å². The zero-order chi connectivity index (χ0) is 12.5. The quantitative estimate of drug-likeness (QED) is 0.659. The van der Waals surface area contributed by atoms with Gasteiger partial charge in [-0.25, -0.2) is 0 Å². The van der Waals surface area contributed by atoms with E-state index in [0.717, 1.165) is 12.6 Å². The molecule has 1 heterocycles. The van der Waals surface area contributed by atoms with Crippen LogP contribution in [0.4, 0.5) is 0 Å². The summed E-state index contributed by atoms with van der Waals surface area (Å²) in [6.45, 7) is 11.8. The minimum absolute atomic E-state index is 0.765. The van der Waals surface area contributed by atoms with Crippen molar-refractivity contribution in [3.05, 3.63) is 0 Å². The molecule has 102 valence electrons. The Kier molecular flexibility index (Phi) is 7.82. The molecule has 1 rings (SSSR count). The first kappa shape index (κ1) is 14.9. The summed E-state index contributed by atoms with van der Waals surface area (Å²) in [4.78, 5) is 5.26. The molecule has 0 radical (unpaired) electrons. The summed E-state index contributed by atoms with van der Waals surface area (Å²) in [5.41, 5.74) is 5.49. The van der Waals surface area contributed by atoms with E-state index in [2.05, 4.69) is 23.6 Å². The van der Waals surface area contributed by atoms with Crippen molar-refractivity contribution in [3.63, 3.8) is 0 Å². The number of hydrogen-bond donors (Lipinski definition) is 1. The summed E-state index contributed by atoms with van der Waals surface area (Å²) in [6, 6.07) is 0.765. The predicted octanol–water partition coefficient (Wildman–Crippen LogP) is 1.92. The fourth-order valence-corrected chi connectivity index (χ4v) is 2.52. The van der Waals surface area contributed by atoms with Crippen LogP contribution in [0.15, 0.2) is 0 Å². The van der Waals surface area contributed by atoms with E-state index in [4.69, 9.17) is 5.73 Å². The fourth-order valence-electron chi connectivity index (χ4n) is 2.52. The van der Waals surface area contributed by atoms with Gasteiger partial charge in [-0.3, -0.25) is 4.90 Å². The molecule has 0 aromatic heterocycles. The Balaban J connectivity index is 2.03. The van der Waals surface area contributed by atoms with Gasteiger partial charge >= 0.3 is 0 Å². The number of piperazine rings is 1. The lowest BCUT2D eigenvalue weighted by Gasteiger charge is -2.37. The van der Waals surface area contributed by atoms with E-state index in [1.54, 1.807) is 0 Å². The summed E-state index contributed by atoms with van der Waals surface area (Å²) in [6.07, 6.45) is 6.48. The van der Waals surface area contributed by atoms with Gasteiger partial charge in [0.25, 0.3) is 0 Å². The molecule has 1 saturated heterocycles. The van der Waals surface area contributed by atoms with Gasteiger partial charge in [-0.1, -0.05) is 19.8 Å². The van der Waals surface area contributed by atoms with Crippen molar-refractivity contribution in [1.82, 2.24) is 9.80 Å². The van der Waals surface area contributed by atoms with E-state index in [-0.39, 0.29) is 0 Å². The fraction of sp³-hybridized carbons (Fsp3) is 1.00. The lowest BCUT2D eigenvalue weighted by Crippen LogP contribution is -2.49. The summed E-state index contributed by atoms with van der Waals surface area (Å²) < 4.78 is 0. The van der Waals surface area contributed by atoms with Gasteiger partial charge in [-0.15, -0.1) is 0 Å². The Bertz CT molecular complexity index is 176. The first-order chi connectivity index (χ1) is 8.27. The van der Waals surface area contributed by atoms with Crippen LogP contribution in [0.5, 0.6) is 0 Å². The molecule has 1 aliphatic heterocycles. The summed E-state index contributed by atoms with van der Waals surface area (Å²) >= 11 is 0. The highest BCUT2D eigenvalue weighted by Gasteiger charge is 2.19. The Labute approximate surface area is 107 Å². The molecule has 3 heteroatoms. The molecular formula is C14H31N3. The van der Waals surface area contributed by atoms with Gasteiger partial charge < -0.3 is 10.6 Å². The Morgan fingerprint density at radius 1 is 1.00 bits per heavy atom. The molecule has 0 saturated carbocycles. The van der Waals surface area contributed by atoms with Gasteiger partial charge in [0.1, 0.15) is 0 Å². The molecule has 0 amide bonds. The van der Waals surface area contributed by atoms with E-state index < -0.39 is 0 Å². The molecule has 2 N–H and O–H groups in total. The van der Waals surface area contributed by atoms with Crippen LogP contribution in [-0.2, 0) is 0 Å². The van der Waals surface area contributed by atoms with Crippen molar-refractivity contribution in [2.45, 2.75) is 52.0 Å². The van der Waals surface area contributed by atoms with Crippen LogP contribution in [0, 0.1) is 0 Å². The third-order valence-corrected chi connectivity index (χ3v) is 4.05. The van der Waals surface area contributed by atoms with Crippen LogP contribution < -0.4 is 5.73 Å². The van der Waals surface area contributed by atoms with E-state index in [0.29, 0.717) is 0 Å². The summed E-state index contributed by atoms with van der Waals surface area (Å²) in [5.74, 6) is 0. The molecule has 0 bridgehead atoms. The van der Waals surface area contributed by atoms with Crippen molar-refractivity contribution in [2.75, 3.05) is 39.3 Å². The molecule has 0 aromatic carbocycles. The van der Waals surface area contributed by atoms with E-state index in [9.17, 15) is 0 Å². The third-order valence-electron chi connectivity index (χ3n) is 4.05. The third kappa shape index (κ3) is 5.84. The van der Waals surface area contributed by atoms with Crippen LogP contribution >= 0.6 is 0 Å². The Morgan fingerprint density at radius 2 is 1.65 bits per heavy atom. The van der Waals surface area contributed by atoms with Gasteiger partial charge in [0.05, 0.1) is 0 Å². The van der Waals surface area contributed by atoms with E-state index in [1.165, 1.54) is 64.8 Å². The van der Waals surface area contributed by atoms with Gasteiger partial charge in [-0.05, 0) is 39.3 Å². The highest BCUT2D eigenvalue weighted by atomic mass is 15.3. The maximum Gasteiger partial charge on any atom is 0.0113 e. The maximum absolute atomic E-state index is 5.49. The van der Waals surface area contributed by atoms with Crippen LogP contribution in [0.25, 0.3) is 0 Å². The molecule has 0 aliphatic carbocycles. The second-order valence-corrected chi connectivity index (χ2v) is 5.34. The molecule has 1 fully saturated rings. The van der Waals surface area contributed by atoms with Gasteiger partial charge in [0.2, 0.25) is 0 Å². The monoisotopic (exact) mass is 241 g/mol. The lowest BCUT2D eigenvalue weighted by molar-refractivity contribution is 0.0994. The van der Waals surface area contributed by atoms with Crippen molar-refractivity contribution >= 4 is 0 Å². The molecule has 1 aliphatic rings. The zero-order valence-corrected chi connectivity index (χ0v) is 11.8. The molecular weight excluding hydrogens is 210 g/mol. The largest absolute Gasteiger partial charge is 0.330 e. The first-order valence-electron chi connectivity index (χ1n) is 7.44. The summed E-state index contributed by atoms with van der Waals surface area (Å²) in [5, 5.41) is 0. The van der Waals surface area contributed by atoms with Gasteiger partial charge in [0.15, 0.2) is 0 Å². The molecule has 0 aromatic rings. The Hall–Kier alpha value is -0.120. The molecule has 1 atom stereocenters. The number of hydrogen-bond acceptors (Lipinski definition) is 3. The lowest BCUT2D eigenvalue weighted by atomic mass is 10.1. The van der Waals surface area contributed by atoms with E-state index in [1.807, 2.05) is 0 Å². The van der Waals surface area contributed by atoms with Crippen LogP contribution in [0.2, 0.25) is 0 Å². The number of nitrogens with two attached hydrogens (primary N) is 1. The summed E-state index contributed by atoms with van der Waals surface area (Å²) in [7, 11) is 0. The Morgan fingerprint density at radius 3 is 2.24 bits per heavy atom. The van der Waals surface area contributed by atoms with Crippen LogP contribution in [0.1, 0.15) is 46.0 Å². The van der Waals surface area contributed by atoms with E-state index >= 15 is 0 Å². The normalized spacial score (nSPS) is 20.6. The number of nitrogens with zero attached hydrogens (tertiary/aromatic N) is 2. The second kappa shape index (κ2) is 8.90. The standard InChI is InChI=1S/C14H31N3/c1-3-14(2)17-12-10-16(11-13-17)9-7-5-4-6-8-15/h14H,3-13,15H2,1-2H3. The highest BCUT2D eigenvalue weighted by Crippen LogP contribution is 2.09. The van der Waals surface area contributed by atoms with Crippen LogP contribution in [0.3, 0.4) is 0 Å². The van der Waals surface area contributed by atoms with Crippen molar-refractivity contribution < 1.29 is 0 Å². The minimum Gasteiger partial charge on any atom is -0.330 e. The zero-order valence-electron chi connectivity index (χ0n) is 11.8. The van der Waals surface area contributed by atoms with Crippen molar-refractivity contribution in [3.8, 4) is 0 Å². The maximum atomic E-state index is 5.49. The topological polar surface area (TPSA) is 32.5 Å². The molecule has 3 nitrogen and oxygen atoms in total. The van der Waals surface area contributed by atoms with Gasteiger partial charge in [0, 0.05) is 32.2 Å². The minimum atomic E-state index is 0.765. The smallest absolute Gasteiger partial charge is 0.0113 e. The highest BCUT2D eigenvalue weighted by molar-refractivity contribution is 4.75. The SMILES string of the molecule is CCC(C)N1CCN(CCCCCCN)CC1. The average molecular weight is 241 g/mol. The first-order valence-corrected chi connectivity index (χ1v) is 7.44. The molecule has 17 heavy (non-hydrogen) atoms. The van der Waals surface area contributed by atoms with Crippen molar-refractivity contribution in [1.29, 1.82) is 0 Å². The second-order valence-electron chi connectivity index (χ2n) is 5.34. The van der Waals surface area contributed by atoms with Crippen molar-refractivity contribution in [2.24, 2.45) is 5.73 Å². The average Bonchev–Trinajstić information content (AvgIpc) is 2.38.